The standard InChI is InChI=1S/C16H19N7O/c1-11-6-18-15-14(9-20-23(15)10-11)16(24)19-7-12-5-13-8-17-3-2-4-22(13)21-12/h5-6,9-10,17H,2-4,7-8H2,1H3,(H,19,24). The van der Waals surface area contributed by atoms with Gasteiger partial charge in [-0.2, -0.15) is 10.2 Å². The van der Waals surface area contributed by atoms with Gasteiger partial charge in [0, 0.05) is 25.5 Å². The summed E-state index contributed by atoms with van der Waals surface area (Å²) >= 11 is 0. The van der Waals surface area contributed by atoms with Crippen LogP contribution < -0.4 is 10.6 Å². The molecule has 0 aliphatic carbocycles. The summed E-state index contributed by atoms with van der Waals surface area (Å²) in [5.74, 6) is -0.192. The van der Waals surface area contributed by atoms with Crippen molar-refractivity contribution in [3.63, 3.8) is 0 Å². The summed E-state index contributed by atoms with van der Waals surface area (Å²) in [6, 6.07) is 2.04. The molecule has 0 spiro atoms. The summed E-state index contributed by atoms with van der Waals surface area (Å²) in [5, 5.41) is 15.0. The Kier molecular flexibility index (Phi) is 3.73. The number of nitrogens with one attached hydrogen (secondary N) is 2. The number of carbonyl (C=O) groups is 1. The quantitative estimate of drug-likeness (QED) is 0.738. The van der Waals surface area contributed by atoms with E-state index in [1.165, 1.54) is 0 Å². The Morgan fingerprint density at radius 3 is 3.25 bits per heavy atom. The second kappa shape index (κ2) is 6.04. The van der Waals surface area contributed by atoms with E-state index in [0.29, 0.717) is 17.8 Å². The lowest BCUT2D eigenvalue weighted by Crippen LogP contribution is -2.23. The van der Waals surface area contributed by atoms with Crippen LogP contribution in [0.25, 0.3) is 5.65 Å². The van der Waals surface area contributed by atoms with Crippen molar-refractivity contribution < 1.29 is 4.79 Å². The highest BCUT2D eigenvalue weighted by Gasteiger charge is 2.15. The van der Waals surface area contributed by atoms with Gasteiger partial charge >= 0.3 is 0 Å². The molecule has 124 valence electrons. The largest absolute Gasteiger partial charge is 0.346 e. The lowest BCUT2D eigenvalue weighted by molar-refractivity contribution is 0.0951. The van der Waals surface area contributed by atoms with Crippen LogP contribution >= 0.6 is 0 Å². The van der Waals surface area contributed by atoms with Crippen molar-refractivity contribution in [2.45, 2.75) is 33.0 Å². The maximum atomic E-state index is 12.4. The first kappa shape index (κ1) is 14.8. The number of hydrogen-bond donors (Lipinski definition) is 2. The van der Waals surface area contributed by atoms with Gasteiger partial charge in [-0.05, 0) is 31.5 Å². The zero-order valence-electron chi connectivity index (χ0n) is 13.5. The second-order valence-electron chi connectivity index (χ2n) is 6.02. The lowest BCUT2D eigenvalue weighted by atomic mass is 10.3. The number of carbonyl (C=O) groups excluding carboxylic acids is 1. The van der Waals surface area contributed by atoms with Crippen LogP contribution in [0.4, 0.5) is 0 Å². The monoisotopic (exact) mass is 325 g/mol. The van der Waals surface area contributed by atoms with Crippen molar-refractivity contribution in [3.05, 3.63) is 47.2 Å². The molecule has 0 unspecified atom stereocenters. The number of nitrogens with zero attached hydrogens (tertiary/aromatic N) is 5. The molecule has 1 amide bonds. The maximum absolute atomic E-state index is 12.4. The fourth-order valence-electron chi connectivity index (χ4n) is 2.90. The van der Waals surface area contributed by atoms with Gasteiger partial charge in [0.25, 0.3) is 5.91 Å². The summed E-state index contributed by atoms with van der Waals surface area (Å²) in [4.78, 5) is 16.7. The number of hydrogen-bond acceptors (Lipinski definition) is 5. The van der Waals surface area contributed by atoms with Crippen LogP contribution in [0.1, 0.15) is 33.7 Å². The summed E-state index contributed by atoms with van der Waals surface area (Å²) in [5.41, 5.74) is 4.04. The molecule has 1 aliphatic heterocycles. The molecule has 24 heavy (non-hydrogen) atoms. The average Bonchev–Trinajstić information content (AvgIpc) is 3.10. The molecule has 0 atom stereocenters. The average molecular weight is 325 g/mol. The second-order valence-corrected chi connectivity index (χ2v) is 6.02. The molecule has 3 aromatic rings. The number of amides is 1. The van der Waals surface area contributed by atoms with E-state index in [0.717, 1.165) is 43.0 Å². The molecule has 0 fully saturated rings. The van der Waals surface area contributed by atoms with Crippen molar-refractivity contribution in [2.75, 3.05) is 6.54 Å². The molecule has 4 heterocycles. The zero-order chi connectivity index (χ0) is 16.5. The van der Waals surface area contributed by atoms with Crippen LogP contribution in [0, 0.1) is 6.92 Å². The highest BCUT2D eigenvalue weighted by atomic mass is 16.1. The third-order valence-corrected chi connectivity index (χ3v) is 4.10. The molecule has 8 heteroatoms. The third kappa shape index (κ3) is 2.76. The third-order valence-electron chi connectivity index (χ3n) is 4.10. The molecular weight excluding hydrogens is 306 g/mol. The van der Waals surface area contributed by atoms with E-state index in [4.69, 9.17) is 0 Å². The molecule has 0 radical (unpaired) electrons. The molecule has 8 nitrogen and oxygen atoms in total. The number of rotatable bonds is 3. The van der Waals surface area contributed by atoms with Gasteiger partial charge in [0.1, 0.15) is 5.56 Å². The molecule has 3 aromatic heterocycles. The van der Waals surface area contributed by atoms with Gasteiger partial charge in [-0.15, -0.1) is 0 Å². The first-order valence-corrected chi connectivity index (χ1v) is 8.05. The van der Waals surface area contributed by atoms with Gasteiger partial charge in [0.15, 0.2) is 5.65 Å². The zero-order valence-corrected chi connectivity index (χ0v) is 13.5. The van der Waals surface area contributed by atoms with Crippen LogP contribution in [0.3, 0.4) is 0 Å². The fraction of sp³-hybridized carbons (Fsp3) is 0.375. The Balaban J connectivity index is 1.48. The molecule has 0 aromatic carbocycles. The smallest absolute Gasteiger partial charge is 0.257 e. The van der Waals surface area contributed by atoms with E-state index in [1.54, 1.807) is 16.9 Å². The van der Waals surface area contributed by atoms with Gasteiger partial charge in [0.05, 0.1) is 24.1 Å². The van der Waals surface area contributed by atoms with E-state index in [-0.39, 0.29) is 5.91 Å². The summed E-state index contributed by atoms with van der Waals surface area (Å²) < 4.78 is 3.63. The first-order valence-electron chi connectivity index (χ1n) is 8.05. The fourth-order valence-corrected chi connectivity index (χ4v) is 2.90. The predicted molar refractivity (Wildman–Crippen MR) is 87.4 cm³/mol. The van der Waals surface area contributed by atoms with E-state index >= 15 is 0 Å². The van der Waals surface area contributed by atoms with Crippen LogP contribution in [0.15, 0.2) is 24.7 Å². The molecule has 2 N–H and O–H groups in total. The van der Waals surface area contributed by atoms with E-state index in [1.807, 2.05) is 23.9 Å². The van der Waals surface area contributed by atoms with Crippen molar-refractivity contribution >= 4 is 11.6 Å². The van der Waals surface area contributed by atoms with Crippen molar-refractivity contribution in [1.82, 2.24) is 35.0 Å². The minimum Gasteiger partial charge on any atom is -0.346 e. The van der Waals surface area contributed by atoms with Gasteiger partial charge in [-0.1, -0.05) is 0 Å². The molecule has 0 bridgehead atoms. The topological polar surface area (TPSA) is 89.1 Å². The Labute approximate surface area is 138 Å². The van der Waals surface area contributed by atoms with Crippen LogP contribution in [0.5, 0.6) is 0 Å². The van der Waals surface area contributed by atoms with Gasteiger partial charge in [-0.25, -0.2) is 9.50 Å². The van der Waals surface area contributed by atoms with Crippen LogP contribution in [0.2, 0.25) is 0 Å². The number of aryl methyl sites for hydroxylation is 2. The molecule has 1 aliphatic rings. The summed E-state index contributed by atoms with van der Waals surface area (Å²) in [7, 11) is 0. The number of fused-ring (bicyclic) bond motifs is 2. The molecule has 0 saturated heterocycles. The highest BCUT2D eigenvalue weighted by Crippen LogP contribution is 2.11. The number of aromatic nitrogens is 5. The van der Waals surface area contributed by atoms with Crippen molar-refractivity contribution in [3.8, 4) is 0 Å². The Bertz CT molecular complexity index is 872. The van der Waals surface area contributed by atoms with Crippen molar-refractivity contribution in [2.24, 2.45) is 0 Å². The lowest BCUT2D eigenvalue weighted by Gasteiger charge is -2.02. The van der Waals surface area contributed by atoms with E-state index < -0.39 is 0 Å². The minimum absolute atomic E-state index is 0.192. The maximum Gasteiger partial charge on any atom is 0.257 e. The van der Waals surface area contributed by atoms with Crippen LogP contribution in [-0.4, -0.2) is 36.8 Å². The Morgan fingerprint density at radius 1 is 1.42 bits per heavy atom. The van der Waals surface area contributed by atoms with Crippen molar-refractivity contribution in [1.29, 1.82) is 0 Å². The van der Waals surface area contributed by atoms with E-state index in [9.17, 15) is 4.79 Å². The molecular formula is C16H19N7O. The molecule has 4 rings (SSSR count). The summed E-state index contributed by atoms with van der Waals surface area (Å²) in [6.45, 7) is 5.07. The first-order chi connectivity index (χ1) is 11.7. The molecule has 0 saturated carbocycles. The van der Waals surface area contributed by atoms with Gasteiger partial charge in [0.2, 0.25) is 0 Å². The predicted octanol–water partition coefficient (Wildman–Crippen LogP) is 0.658. The van der Waals surface area contributed by atoms with Crippen LogP contribution in [-0.2, 0) is 19.6 Å². The van der Waals surface area contributed by atoms with Gasteiger partial charge in [-0.3, -0.25) is 9.48 Å². The SMILES string of the molecule is Cc1cnc2c(C(=O)NCc3cc4n(n3)CCCNC4)cnn2c1. The normalized spacial score (nSPS) is 14.4. The summed E-state index contributed by atoms with van der Waals surface area (Å²) in [6.07, 6.45) is 6.18. The minimum atomic E-state index is -0.192. The highest BCUT2D eigenvalue weighted by molar-refractivity contribution is 5.99. The Hall–Kier alpha value is -2.74. The van der Waals surface area contributed by atoms with E-state index in [2.05, 4.69) is 25.8 Å². The Morgan fingerprint density at radius 2 is 2.33 bits per heavy atom. The van der Waals surface area contributed by atoms with Gasteiger partial charge < -0.3 is 10.6 Å².